The van der Waals surface area contributed by atoms with Gasteiger partial charge >= 0.3 is 12.1 Å². The second-order valence-corrected chi connectivity index (χ2v) is 10.9. The lowest BCUT2D eigenvalue weighted by Gasteiger charge is -2.63. The number of primary amides is 1. The molecular formula is C24H35NO4. The second-order valence-electron chi connectivity index (χ2n) is 10.9. The molecule has 1 amide bonds. The highest BCUT2D eigenvalue weighted by Crippen LogP contribution is 2.70. The number of nitrogens with two attached hydrogens (primary N) is 1. The van der Waals surface area contributed by atoms with Gasteiger partial charge in [-0.15, -0.1) is 0 Å². The number of rotatable bonds is 2. The fraction of sp³-hybridized carbons (Fsp3) is 0.833. The summed E-state index contributed by atoms with van der Waals surface area (Å²) in [5, 5.41) is 0. The van der Waals surface area contributed by atoms with E-state index in [1.54, 1.807) is 0 Å². The van der Waals surface area contributed by atoms with Gasteiger partial charge in [0.25, 0.3) is 0 Å². The molecule has 0 bridgehead atoms. The van der Waals surface area contributed by atoms with Crippen LogP contribution in [0.3, 0.4) is 0 Å². The lowest BCUT2D eigenvalue weighted by molar-refractivity contribution is -0.196. The van der Waals surface area contributed by atoms with E-state index in [1.165, 1.54) is 25.7 Å². The zero-order chi connectivity index (χ0) is 20.4. The molecule has 5 nitrogen and oxygen atoms in total. The summed E-state index contributed by atoms with van der Waals surface area (Å²) >= 11 is 0. The number of hydrogen-bond acceptors (Lipinski definition) is 4. The van der Waals surface area contributed by atoms with E-state index < -0.39 is 11.7 Å². The Morgan fingerprint density at radius 1 is 1.10 bits per heavy atom. The van der Waals surface area contributed by atoms with Crippen molar-refractivity contribution >= 4 is 12.1 Å². The fourth-order valence-electron chi connectivity index (χ4n) is 8.77. The summed E-state index contributed by atoms with van der Waals surface area (Å²) < 4.78 is 11.5. The molecule has 1 saturated heterocycles. The molecule has 1 heterocycles. The van der Waals surface area contributed by atoms with E-state index in [4.69, 9.17) is 15.2 Å². The number of fused-ring (bicyclic) bond motifs is 5. The molecule has 3 saturated carbocycles. The Labute approximate surface area is 173 Å². The largest absolute Gasteiger partial charge is 0.465 e. The zero-order valence-corrected chi connectivity index (χ0v) is 17.8. The second kappa shape index (κ2) is 6.49. The summed E-state index contributed by atoms with van der Waals surface area (Å²) in [7, 11) is 0. The van der Waals surface area contributed by atoms with E-state index in [-0.39, 0.29) is 22.7 Å². The molecule has 160 valence electrons. The van der Waals surface area contributed by atoms with Crippen LogP contribution < -0.4 is 5.73 Å². The van der Waals surface area contributed by atoms with Gasteiger partial charge in [-0.25, -0.2) is 4.79 Å². The van der Waals surface area contributed by atoms with Crippen LogP contribution in [0.1, 0.15) is 71.6 Å². The molecule has 8 atom stereocenters. The highest BCUT2D eigenvalue weighted by Gasteiger charge is 2.70. The maximum Gasteiger partial charge on any atom is 0.405 e. The van der Waals surface area contributed by atoms with Gasteiger partial charge in [-0.2, -0.15) is 0 Å². The predicted octanol–water partition coefficient (Wildman–Crippen LogP) is 4.59. The molecule has 5 aliphatic rings. The third kappa shape index (κ3) is 2.58. The minimum Gasteiger partial charge on any atom is -0.465 e. The SMILES string of the molecule is C[C@]12C=CCCC1CC[C@@H]1[C@@H]2CC[C@]2(C)[C@@H]([C@@H]3COC(=O)C3)CC[C@]12OC(N)=O. The first-order valence-corrected chi connectivity index (χ1v) is 11.6. The minimum absolute atomic E-state index is 0.0824. The summed E-state index contributed by atoms with van der Waals surface area (Å²) in [4.78, 5) is 24.0. The minimum atomic E-state index is -0.636. The Hall–Kier alpha value is -1.52. The molecule has 5 heteroatoms. The van der Waals surface area contributed by atoms with Crippen molar-refractivity contribution in [3.63, 3.8) is 0 Å². The fourth-order valence-corrected chi connectivity index (χ4v) is 8.77. The Morgan fingerprint density at radius 3 is 2.62 bits per heavy atom. The van der Waals surface area contributed by atoms with Crippen LogP contribution in [0.25, 0.3) is 0 Å². The lowest BCUT2D eigenvalue weighted by atomic mass is 9.44. The van der Waals surface area contributed by atoms with Crippen molar-refractivity contribution in [2.24, 2.45) is 46.2 Å². The van der Waals surface area contributed by atoms with Crippen molar-refractivity contribution < 1.29 is 19.1 Å². The van der Waals surface area contributed by atoms with Crippen molar-refractivity contribution in [2.45, 2.75) is 77.2 Å². The monoisotopic (exact) mass is 401 g/mol. The summed E-state index contributed by atoms with van der Waals surface area (Å²) in [5.74, 6) is 2.12. The summed E-state index contributed by atoms with van der Waals surface area (Å²) in [6.07, 6.45) is 13.6. The molecule has 1 unspecified atom stereocenters. The molecule has 5 rings (SSSR count). The number of hydrogen-bond donors (Lipinski definition) is 1. The van der Waals surface area contributed by atoms with Crippen LogP contribution in [0, 0.1) is 40.4 Å². The Morgan fingerprint density at radius 2 is 1.90 bits per heavy atom. The smallest absolute Gasteiger partial charge is 0.405 e. The number of carbonyl (C=O) groups excluding carboxylic acids is 2. The van der Waals surface area contributed by atoms with Crippen molar-refractivity contribution in [3.05, 3.63) is 12.2 Å². The van der Waals surface area contributed by atoms with E-state index >= 15 is 0 Å². The van der Waals surface area contributed by atoms with E-state index in [2.05, 4.69) is 26.0 Å². The third-order valence-corrected chi connectivity index (χ3v) is 10.1. The first-order chi connectivity index (χ1) is 13.8. The van der Waals surface area contributed by atoms with Gasteiger partial charge < -0.3 is 15.2 Å². The van der Waals surface area contributed by atoms with Gasteiger partial charge in [-0.3, -0.25) is 4.79 Å². The van der Waals surface area contributed by atoms with Crippen LogP contribution >= 0.6 is 0 Å². The van der Waals surface area contributed by atoms with E-state index in [9.17, 15) is 9.59 Å². The van der Waals surface area contributed by atoms with Crippen molar-refractivity contribution in [1.82, 2.24) is 0 Å². The number of esters is 1. The van der Waals surface area contributed by atoms with E-state index in [1.807, 2.05) is 0 Å². The van der Waals surface area contributed by atoms with Crippen LogP contribution in [-0.2, 0) is 14.3 Å². The molecular weight excluding hydrogens is 366 g/mol. The molecule has 29 heavy (non-hydrogen) atoms. The molecule has 0 spiro atoms. The van der Waals surface area contributed by atoms with Crippen molar-refractivity contribution in [2.75, 3.05) is 6.61 Å². The predicted molar refractivity (Wildman–Crippen MR) is 109 cm³/mol. The number of carbonyl (C=O) groups is 2. The highest BCUT2D eigenvalue weighted by atomic mass is 16.6. The van der Waals surface area contributed by atoms with Gasteiger partial charge in [0, 0.05) is 17.3 Å². The topological polar surface area (TPSA) is 78.6 Å². The molecule has 0 aromatic rings. The zero-order valence-electron chi connectivity index (χ0n) is 17.8. The third-order valence-electron chi connectivity index (χ3n) is 10.1. The Kier molecular flexibility index (Phi) is 4.35. The van der Waals surface area contributed by atoms with Gasteiger partial charge in [-0.05, 0) is 74.5 Å². The van der Waals surface area contributed by atoms with Gasteiger partial charge in [0.1, 0.15) is 5.60 Å². The number of cyclic esters (lactones) is 1. The van der Waals surface area contributed by atoms with Gasteiger partial charge in [0.2, 0.25) is 0 Å². The maximum absolute atomic E-state index is 12.2. The average molecular weight is 402 g/mol. The normalized spacial score (nSPS) is 51.0. The van der Waals surface area contributed by atoms with Crippen LogP contribution in [0.2, 0.25) is 0 Å². The van der Waals surface area contributed by atoms with Gasteiger partial charge in [0.05, 0.1) is 13.0 Å². The first-order valence-electron chi connectivity index (χ1n) is 11.6. The quantitative estimate of drug-likeness (QED) is 0.542. The molecule has 4 aliphatic carbocycles. The van der Waals surface area contributed by atoms with Gasteiger partial charge in [-0.1, -0.05) is 26.0 Å². The van der Waals surface area contributed by atoms with Gasteiger partial charge in [0.15, 0.2) is 0 Å². The van der Waals surface area contributed by atoms with E-state index in [0.717, 1.165) is 31.6 Å². The summed E-state index contributed by atoms with van der Waals surface area (Å²) in [6, 6.07) is 0. The molecule has 0 aromatic carbocycles. The van der Waals surface area contributed by atoms with Crippen LogP contribution in [0.15, 0.2) is 12.2 Å². The van der Waals surface area contributed by atoms with Crippen LogP contribution in [-0.4, -0.2) is 24.3 Å². The number of ether oxygens (including phenoxy) is 2. The lowest BCUT2D eigenvalue weighted by Crippen LogP contribution is -2.63. The molecule has 2 N–H and O–H groups in total. The first kappa shape index (κ1) is 19.4. The average Bonchev–Trinajstić information content (AvgIpc) is 3.21. The number of amides is 1. The number of allylic oxidation sites excluding steroid dienone is 2. The molecule has 0 aromatic heterocycles. The van der Waals surface area contributed by atoms with Crippen molar-refractivity contribution in [1.29, 1.82) is 0 Å². The molecule has 0 radical (unpaired) electrons. The summed E-state index contributed by atoms with van der Waals surface area (Å²) in [5.41, 5.74) is 5.24. The van der Waals surface area contributed by atoms with Crippen LogP contribution in [0.4, 0.5) is 4.79 Å². The standard InChI is InChI=1S/C24H35NO4/c1-22-10-4-3-5-16(22)6-7-19-18(22)8-11-23(2)17(15-13-20(26)28-14-15)9-12-24(19,23)29-21(25)27/h4,10,15-19H,3,5-9,11-14H2,1-2H3,(H2,25,27)/t15-,16?,17+,18-,19+,22-,23+,24-/m0/s1. The molecule has 4 fully saturated rings. The van der Waals surface area contributed by atoms with E-state index in [0.29, 0.717) is 30.8 Å². The van der Waals surface area contributed by atoms with Crippen molar-refractivity contribution in [3.8, 4) is 0 Å². The Bertz CT molecular complexity index is 749. The van der Waals surface area contributed by atoms with Crippen LogP contribution in [0.5, 0.6) is 0 Å². The highest BCUT2D eigenvalue weighted by molar-refractivity contribution is 5.71. The maximum atomic E-state index is 12.2. The summed E-state index contributed by atoms with van der Waals surface area (Å²) in [6.45, 7) is 5.28. The molecule has 1 aliphatic heterocycles. The Balaban J connectivity index is 1.54.